The van der Waals surface area contributed by atoms with Gasteiger partial charge >= 0.3 is 0 Å². The number of rotatable bonds is 7. The molecule has 0 spiro atoms. The van der Waals surface area contributed by atoms with E-state index in [4.69, 9.17) is 9.47 Å². The third-order valence-electron chi connectivity index (χ3n) is 4.93. The summed E-state index contributed by atoms with van der Waals surface area (Å²) in [6, 6.07) is 15.0. The molecule has 0 fully saturated rings. The van der Waals surface area contributed by atoms with Gasteiger partial charge in [-0.05, 0) is 74.7 Å². The molecule has 29 heavy (non-hydrogen) atoms. The topological polar surface area (TPSA) is 65.4 Å². The van der Waals surface area contributed by atoms with E-state index >= 15 is 0 Å². The molecule has 0 bridgehead atoms. The summed E-state index contributed by atoms with van der Waals surface area (Å²) in [5.74, 6) is 2.20. The number of carbonyl (C=O) groups is 1. The monoisotopic (exact) mass is 391 g/mol. The molecule has 0 saturated carbocycles. The summed E-state index contributed by atoms with van der Waals surface area (Å²) >= 11 is 0. The van der Waals surface area contributed by atoms with Crippen LogP contribution < -0.4 is 14.8 Å². The summed E-state index contributed by atoms with van der Waals surface area (Å²) in [5, 5.41) is 2.86. The molecule has 150 valence electrons. The Kier molecular flexibility index (Phi) is 5.79. The van der Waals surface area contributed by atoms with Gasteiger partial charge in [0.05, 0.1) is 6.61 Å². The maximum Gasteiger partial charge on any atom is 0.262 e. The molecular formula is C23H25N3O3. The Morgan fingerprint density at radius 2 is 1.76 bits per heavy atom. The molecule has 1 aliphatic heterocycles. The highest BCUT2D eigenvalue weighted by Gasteiger charge is 2.15. The van der Waals surface area contributed by atoms with E-state index in [0.717, 1.165) is 35.8 Å². The zero-order valence-corrected chi connectivity index (χ0v) is 16.6. The number of anilines is 1. The third-order valence-corrected chi connectivity index (χ3v) is 4.93. The minimum atomic E-state index is -0.204. The molecule has 1 N–H and O–H groups in total. The highest BCUT2D eigenvalue weighted by Crippen LogP contribution is 2.25. The van der Waals surface area contributed by atoms with Gasteiger partial charge in [0.1, 0.15) is 17.3 Å². The van der Waals surface area contributed by atoms with Crippen molar-refractivity contribution in [2.75, 3.05) is 18.5 Å². The van der Waals surface area contributed by atoms with Gasteiger partial charge in [-0.3, -0.25) is 4.79 Å². The van der Waals surface area contributed by atoms with Gasteiger partial charge in [-0.25, -0.2) is 4.98 Å². The molecule has 2 heterocycles. The molecular weight excluding hydrogens is 366 g/mol. The van der Waals surface area contributed by atoms with Gasteiger partial charge in [0.2, 0.25) is 0 Å². The number of aromatic nitrogens is 2. The molecule has 0 unspecified atom stereocenters. The van der Waals surface area contributed by atoms with Gasteiger partial charge in [0.25, 0.3) is 5.91 Å². The van der Waals surface area contributed by atoms with Crippen LogP contribution in [0.5, 0.6) is 11.5 Å². The van der Waals surface area contributed by atoms with E-state index in [2.05, 4.69) is 14.9 Å². The third kappa shape index (κ3) is 4.59. The molecule has 3 aromatic rings. The number of nitrogens with one attached hydrogen (secondary N) is 1. The van der Waals surface area contributed by atoms with Crippen LogP contribution in [0.25, 0.3) is 11.4 Å². The summed E-state index contributed by atoms with van der Waals surface area (Å²) in [7, 11) is 0. The van der Waals surface area contributed by atoms with Gasteiger partial charge in [-0.15, -0.1) is 0 Å². The standard InChI is InChI=1S/C23H25N3O3/c1-2-28-20-10-12-21(13-11-20)29-16-22(27)25-18-8-6-17(7-9-18)23-24-15-19-5-3-4-14-26(19)23/h6-13,15H,2-5,14,16H2,1H3,(H,25,27). The first-order valence-corrected chi connectivity index (χ1v) is 10.0. The van der Waals surface area contributed by atoms with Crippen molar-refractivity contribution in [3.8, 4) is 22.9 Å². The molecule has 1 aliphatic rings. The average molecular weight is 391 g/mol. The van der Waals surface area contributed by atoms with Crippen molar-refractivity contribution in [3.05, 3.63) is 60.4 Å². The lowest BCUT2D eigenvalue weighted by Crippen LogP contribution is -2.20. The number of fused-ring (bicyclic) bond motifs is 1. The van der Waals surface area contributed by atoms with Crippen molar-refractivity contribution in [2.24, 2.45) is 0 Å². The minimum absolute atomic E-state index is 0.0521. The van der Waals surface area contributed by atoms with E-state index in [1.165, 1.54) is 18.5 Å². The predicted octanol–water partition coefficient (Wildman–Crippen LogP) is 4.30. The van der Waals surface area contributed by atoms with E-state index in [1.54, 1.807) is 12.1 Å². The zero-order valence-electron chi connectivity index (χ0n) is 16.6. The fourth-order valence-corrected chi connectivity index (χ4v) is 3.51. The lowest BCUT2D eigenvalue weighted by Gasteiger charge is -2.16. The van der Waals surface area contributed by atoms with E-state index < -0.39 is 0 Å². The molecule has 1 aromatic heterocycles. The second-order valence-electron chi connectivity index (χ2n) is 7.00. The van der Waals surface area contributed by atoms with E-state index in [-0.39, 0.29) is 12.5 Å². The first-order valence-electron chi connectivity index (χ1n) is 10.0. The van der Waals surface area contributed by atoms with Gasteiger partial charge in [0.15, 0.2) is 6.61 Å². The molecule has 0 aliphatic carbocycles. The first kappa shape index (κ1) is 19.1. The Balaban J connectivity index is 1.32. The number of carbonyl (C=O) groups excluding carboxylic acids is 1. The number of imidazole rings is 1. The van der Waals surface area contributed by atoms with Crippen LogP contribution in [0.15, 0.2) is 54.7 Å². The van der Waals surface area contributed by atoms with Crippen LogP contribution in [-0.4, -0.2) is 28.7 Å². The Hall–Kier alpha value is -3.28. The van der Waals surface area contributed by atoms with E-state index in [1.807, 2.05) is 49.5 Å². The summed E-state index contributed by atoms with van der Waals surface area (Å²) in [6.45, 7) is 3.52. The van der Waals surface area contributed by atoms with Crippen molar-refractivity contribution >= 4 is 11.6 Å². The molecule has 0 radical (unpaired) electrons. The Morgan fingerprint density at radius 1 is 1.03 bits per heavy atom. The van der Waals surface area contributed by atoms with Crippen LogP contribution in [0.2, 0.25) is 0 Å². The Labute approximate surface area is 170 Å². The van der Waals surface area contributed by atoms with Crippen LogP contribution in [0.3, 0.4) is 0 Å². The van der Waals surface area contributed by atoms with Crippen molar-refractivity contribution in [2.45, 2.75) is 32.7 Å². The Morgan fingerprint density at radius 3 is 2.48 bits per heavy atom. The predicted molar refractivity (Wildman–Crippen MR) is 112 cm³/mol. The maximum atomic E-state index is 12.2. The van der Waals surface area contributed by atoms with Gasteiger partial charge < -0.3 is 19.4 Å². The van der Waals surface area contributed by atoms with Crippen LogP contribution in [0, 0.1) is 0 Å². The molecule has 6 nitrogen and oxygen atoms in total. The van der Waals surface area contributed by atoms with Gasteiger partial charge in [-0.2, -0.15) is 0 Å². The number of hydrogen-bond acceptors (Lipinski definition) is 4. The lowest BCUT2D eigenvalue weighted by molar-refractivity contribution is -0.118. The van der Waals surface area contributed by atoms with Crippen molar-refractivity contribution in [1.29, 1.82) is 0 Å². The minimum Gasteiger partial charge on any atom is -0.494 e. The lowest BCUT2D eigenvalue weighted by atomic mass is 10.1. The second-order valence-corrected chi connectivity index (χ2v) is 7.00. The van der Waals surface area contributed by atoms with Gasteiger partial charge in [0, 0.05) is 29.7 Å². The number of amides is 1. The van der Waals surface area contributed by atoms with Crippen molar-refractivity contribution < 1.29 is 14.3 Å². The number of nitrogens with zero attached hydrogens (tertiary/aromatic N) is 2. The molecule has 0 saturated heterocycles. The molecule has 0 atom stereocenters. The number of ether oxygens (including phenoxy) is 2. The Bertz CT molecular complexity index is 962. The highest BCUT2D eigenvalue weighted by molar-refractivity contribution is 5.92. The number of aryl methyl sites for hydroxylation is 1. The maximum absolute atomic E-state index is 12.2. The molecule has 2 aromatic carbocycles. The normalized spacial score (nSPS) is 12.9. The van der Waals surface area contributed by atoms with Crippen molar-refractivity contribution in [1.82, 2.24) is 9.55 Å². The average Bonchev–Trinajstić information content (AvgIpc) is 3.18. The molecule has 1 amide bonds. The van der Waals surface area contributed by atoms with Gasteiger partial charge in [-0.1, -0.05) is 0 Å². The molecule has 6 heteroatoms. The quantitative estimate of drug-likeness (QED) is 0.652. The fourth-order valence-electron chi connectivity index (χ4n) is 3.51. The first-order chi connectivity index (χ1) is 14.2. The van der Waals surface area contributed by atoms with E-state index in [9.17, 15) is 4.79 Å². The number of benzene rings is 2. The molecule has 4 rings (SSSR count). The van der Waals surface area contributed by atoms with Crippen LogP contribution in [0.4, 0.5) is 5.69 Å². The zero-order chi connectivity index (χ0) is 20.1. The fraction of sp³-hybridized carbons (Fsp3) is 0.304. The van der Waals surface area contributed by atoms with E-state index in [0.29, 0.717) is 12.4 Å². The van der Waals surface area contributed by atoms with Crippen LogP contribution in [0.1, 0.15) is 25.5 Å². The summed E-state index contributed by atoms with van der Waals surface area (Å²) < 4.78 is 13.2. The largest absolute Gasteiger partial charge is 0.494 e. The smallest absolute Gasteiger partial charge is 0.262 e. The highest BCUT2D eigenvalue weighted by atomic mass is 16.5. The van der Waals surface area contributed by atoms with Crippen LogP contribution in [-0.2, 0) is 17.8 Å². The summed E-state index contributed by atoms with van der Waals surface area (Å²) in [5.41, 5.74) is 3.09. The SMILES string of the molecule is CCOc1ccc(OCC(=O)Nc2ccc(-c3ncc4n3CCCC4)cc2)cc1. The second kappa shape index (κ2) is 8.82. The van der Waals surface area contributed by atoms with Crippen molar-refractivity contribution in [3.63, 3.8) is 0 Å². The number of hydrogen-bond donors (Lipinski definition) is 1. The van der Waals surface area contributed by atoms with Crippen LogP contribution >= 0.6 is 0 Å². The summed E-state index contributed by atoms with van der Waals surface area (Å²) in [4.78, 5) is 16.8. The summed E-state index contributed by atoms with van der Waals surface area (Å²) in [6.07, 6.45) is 5.49.